The minimum Gasteiger partial charge on any atom is -0.478 e. The van der Waals surface area contributed by atoms with Gasteiger partial charge in [-0.3, -0.25) is 14.6 Å². The first kappa shape index (κ1) is 26.2. The number of carboxylic acids is 1. The summed E-state index contributed by atoms with van der Waals surface area (Å²) in [4.78, 5) is 42.1. The first-order valence-corrected chi connectivity index (χ1v) is 12.9. The van der Waals surface area contributed by atoms with E-state index >= 15 is 0 Å². The predicted octanol–water partition coefficient (Wildman–Crippen LogP) is 7.60. The summed E-state index contributed by atoms with van der Waals surface area (Å²) < 4.78 is 6.51. The summed E-state index contributed by atoms with van der Waals surface area (Å²) >= 11 is 13.9. The number of carbonyl (C=O) groups excluding carboxylic acids is 2. The molecule has 0 radical (unpaired) electrons. The van der Waals surface area contributed by atoms with Crippen LogP contribution in [0.3, 0.4) is 0 Å². The van der Waals surface area contributed by atoms with Crippen LogP contribution in [0.2, 0.25) is 10.0 Å². The Hall–Kier alpha value is -4.44. The number of aromatic carboxylic acids is 1. The molecule has 2 amide bonds. The lowest BCUT2D eigenvalue weighted by molar-refractivity contribution is 0.0697. The Kier molecular flexibility index (Phi) is 7.47. The molecule has 2 heterocycles. The summed E-state index contributed by atoms with van der Waals surface area (Å²) in [5.74, 6) is -1.52. The number of fused-ring (bicyclic) bond motifs is 1. The number of hydrogen-bond acceptors (Lipinski definition) is 6. The van der Waals surface area contributed by atoms with Gasteiger partial charge in [0, 0.05) is 27.5 Å². The van der Waals surface area contributed by atoms with Gasteiger partial charge in [-0.1, -0.05) is 41.4 Å². The summed E-state index contributed by atoms with van der Waals surface area (Å²) in [7, 11) is 0. The molecule has 0 unspecified atom stereocenters. The van der Waals surface area contributed by atoms with Gasteiger partial charge in [-0.15, -0.1) is 11.3 Å². The van der Waals surface area contributed by atoms with Crippen molar-refractivity contribution in [3.05, 3.63) is 111 Å². The lowest BCUT2D eigenvalue weighted by Crippen LogP contribution is -2.17. The van der Waals surface area contributed by atoms with Crippen molar-refractivity contribution in [1.29, 1.82) is 0 Å². The largest absolute Gasteiger partial charge is 0.478 e. The van der Waals surface area contributed by atoms with Gasteiger partial charge in [-0.05, 0) is 54.6 Å². The second-order valence-corrected chi connectivity index (χ2v) is 9.99. The number of rotatable bonds is 7. The van der Waals surface area contributed by atoms with E-state index in [-0.39, 0.29) is 31.7 Å². The molecule has 0 aliphatic heterocycles. The molecule has 8 nitrogen and oxygen atoms in total. The summed E-state index contributed by atoms with van der Waals surface area (Å²) in [6, 6.07) is 19.3. The maximum absolute atomic E-state index is 13.0. The van der Waals surface area contributed by atoms with Gasteiger partial charge in [0.2, 0.25) is 0 Å². The summed E-state index contributed by atoms with van der Waals surface area (Å²) in [6.45, 7) is 0. The molecule has 5 aromatic rings. The van der Waals surface area contributed by atoms with E-state index in [2.05, 4.69) is 15.6 Å². The van der Waals surface area contributed by atoms with Crippen molar-refractivity contribution >= 4 is 73.8 Å². The van der Waals surface area contributed by atoms with E-state index in [0.717, 1.165) is 10.1 Å². The molecule has 0 saturated heterocycles. The molecule has 0 bridgehead atoms. The van der Waals surface area contributed by atoms with Gasteiger partial charge >= 0.3 is 5.97 Å². The van der Waals surface area contributed by atoms with Crippen molar-refractivity contribution in [2.45, 2.75) is 0 Å². The Balaban J connectivity index is 1.36. The zero-order valence-corrected chi connectivity index (χ0v) is 22.1. The molecule has 0 aliphatic carbocycles. The normalized spacial score (nSPS) is 10.7. The molecule has 3 N–H and O–H groups in total. The van der Waals surface area contributed by atoms with E-state index in [4.69, 9.17) is 27.9 Å². The van der Waals surface area contributed by atoms with E-state index in [1.165, 1.54) is 41.8 Å². The lowest BCUT2D eigenvalue weighted by Gasteiger charge is -2.12. The molecule has 2 aromatic heterocycles. The second-order valence-electron chi connectivity index (χ2n) is 8.15. The van der Waals surface area contributed by atoms with Crippen molar-refractivity contribution in [3.8, 4) is 11.5 Å². The Bertz CT molecular complexity index is 1740. The van der Waals surface area contributed by atoms with E-state index in [1.54, 1.807) is 36.5 Å². The van der Waals surface area contributed by atoms with Gasteiger partial charge in [0.15, 0.2) is 0 Å². The molecule has 194 valence electrons. The Morgan fingerprint density at radius 1 is 0.897 bits per heavy atom. The maximum atomic E-state index is 13.0. The molecular weight excluding hydrogens is 561 g/mol. The zero-order valence-electron chi connectivity index (χ0n) is 19.8. The SMILES string of the molecule is O=C(Nc1ccc(Oc2cccnc2)c(Cl)c1)c1ccc(C(=O)O)c(NC(=O)c2sc3ccccc3c2Cl)c1. The minimum absolute atomic E-state index is 0.0491. The van der Waals surface area contributed by atoms with Gasteiger partial charge in [-0.2, -0.15) is 0 Å². The number of benzene rings is 3. The average Bonchev–Trinajstić information content (AvgIpc) is 3.27. The molecule has 0 fully saturated rings. The molecule has 5 rings (SSSR count). The van der Waals surface area contributed by atoms with Gasteiger partial charge in [-0.25, -0.2) is 4.79 Å². The molecule has 3 aromatic carbocycles. The van der Waals surface area contributed by atoms with Crippen LogP contribution in [0.5, 0.6) is 11.5 Å². The second kappa shape index (κ2) is 11.1. The van der Waals surface area contributed by atoms with Gasteiger partial charge in [0.25, 0.3) is 11.8 Å². The summed E-state index contributed by atoms with van der Waals surface area (Å²) in [5.41, 5.74) is 0.266. The number of carboxylic acid groups (broad SMARTS) is 1. The standard InChI is InChI=1S/C28H17Cl2N3O5S/c29-20-13-16(8-10-22(20)38-17-4-3-11-31-14-17)32-26(34)15-7-9-18(28(36)37)21(12-15)33-27(35)25-24(30)19-5-1-2-6-23(19)39-25/h1-14H,(H,32,34)(H,33,35)(H,36,37). The molecule has 39 heavy (non-hydrogen) atoms. The van der Waals surface area contributed by atoms with Crippen LogP contribution in [0, 0.1) is 0 Å². The quantitative estimate of drug-likeness (QED) is 0.183. The van der Waals surface area contributed by atoms with Crippen molar-refractivity contribution in [3.63, 3.8) is 0 Å². The van der Waals surface area contributed by atoms with Gasteiger partial charge in [0.1, 0.15) is 16.4 Å². The number of nitrogens with zero attached hydrogens (tertiary/aromatic N) is 1. The van der Waals surface area contributed by atoms with Crippen LogP contribution in [-0.2, 0) is 0 Å². The highest BCUT2D eigenvalue weighted by Gasteiger charge is 2.21. The van der Waals surface area contributed by atoms with Crippen LogP contribution >= 0.6 is 34.5 Å². The Labute approximate surface area is 235 Å². The number of amides is 2. The Morgan fingerprint density at radius 3 is 2.44 bits per heavy atom. The van der Waals surface area contributed by atoms with Crippen molar-refractivity contribution in [2.24, 2.45) is 0 Å². The number of halogens is 2. The van der Waals surface area contributed by atoms with Crippen molar-refractivity contribution < 1.29 is 24.2 Å². The first-order valence-electron chi connectivity index (χ1n) is 11.3. The third-order valence-electron chi connectivity index (χ3n) is 5.55. The zero-order chi connectivity index (χ0) is 27.5. The highest BCUT2D eigenvalue weighted by molar-refractivity contribution is 7.21. The molecule has 0 saturated carbocycles. The fourth-order valence-corrected chi connectivity index (χ4v) is 5.34. The lowest BCUT2D eigenvalue weighted by atomic mass is 10.1. The Morgan fingerprint density at radius 2 is 1.72 bits per heavy atom. The smallest absolute Gasteiger partial charge is 0.337 e. The predicted molar refractivity (Wildman–Crippen MR) is 152 cm³/mol. The molecular formula is C28H17Cl2N3O5S. The van der Waals surface area contributed by atoms with Crippen LogP contribution < -0.4 is 15.4 Å². The molecule has 0 aliphatic rings. The topological polar surface area (TPSA) is 118 Å². The maximum Gasteiger partial charge on any atom is 0.337 e. The van der Waals surface area contributed by atoms with Gasteiger partial charge in [0.05, 0.1) is 27.5 Å². The fraction of sp³-hybridized carbons (Fsp3) is 0. The van der Waals surface area contributed by atoms with E-state index in [9.17, 15) is 19.5 Å². The average molecular weight is 578 g/mol. The summed E-state index contributed by atoms with van der Waals surface area (Å²) in [5, 5.41) is 16.2. The number of pyridine rings is 1. The van der Waals surface area contributed by atoms with Crippen molar-refractivity contribution in [1.82, 2.24) is 4.98 Å². The van der Waals surface area contributed by atoms with Crippen LogP contribution in [0.25, 0.3) is 10.1 Å². The van der Waals surface area contributed by atoms with E-state index < -0.39 is 17.8 Å². The molecule has 0 spiro atoms. The minimum atomic E-state index is -1.27. The third kappa shape index (κ3) is 5.70. The van der Waals surface area contributed by atoms with E-state index in [1.807, 2.05) is 18.2 Å². The number of aromatic nitrogens is 1. The van der Waals surface area contributed by atoms with Crippen LogP contribution in [0.4, 0.5) is 11.4 Å². The highest BCUT2D eigenvalue weighted by atomic mass is 35.5. The number of nitrogens with one attached hydrogen (secondary N) is 2. The number of carbonyl (C=O) groups is 3. The molecule has 11 heteroatoms. The van der Waals surface area contributed by atoms with Crippen LogP contribution in [0.15, 0.2) is 85.2 Å². The fourth-order valence-electron chi connectivity index (χ4n) is 3.71. The van der Waals surface area contributed by atoms with Crippen LogP contribution in [-0.4, -0.2) is 27.9 Å². The number of anilines is 2. The number of thiophene rings is 1. The first-order chi connectivity index (χ1) is 18.8. The van der Waals surface area contributed by atoms with Crippen LogP contribution in [0.1, 0.15) is 30.4 Å². The third-order valence-corrected chi connectivity index (χ3v) is 7.52. The van der Waals surface area contributed by atoms with Crippen molar-refractivity contribution in [2.75, 3.05) is 10.6 Å². The molecule has 0 atom stereocenters. The monoisotopic (exact) mass is 577 g/mol. The number of ether oxygens (including phenoxy) is 1. The van der Waals surface area contributed by atoms with E-state index in [0.29, 0.717) is 17.2 Å². The number of hydrogen-bond donors (Lipinski definition) is 3. The summed E-state index contributed by atoms with van der Waals surface area (Å²) in [6.07, 6.45) is 3.16. The van der Waals surface area contributed by atoms with Gasteiger partial charge < -0.3 is 20.5 Å². The highest BCUT2D eigenvalue weighted by Crippen LogP contribution is 2.36.